The van der Waals surface area contributed by atoms with Gasteiger partial charge in [0.2, 0.25) is 0 Å². The Kier molecular flexibility index (Phi) is 5.09. The third-order valence-corrected chi connectivity index (χ3v) is 2.73. The quantitative estimate of drug-likeness (QED) is 0.660. The van der Waals surface area contributed by atoms with Gasteiger partial charge in [-0.1, -0.05) is 24.9 Å². The molecule has 0 aliphatic heterocycles. The summed E-state index contributed by atoms with van der Waals surface area (Å²) in [6.45, 7) is 3.86. The Labute approximate surface area is 110 Å². The van der Waals surface area contributed by atoms with Crippen molar-refractivity contribution >= 4 is 23.2 Å². The first-order valence-electron chi connectivity index (χ1n) is 5.70. The molecular weight excluding hydrogens is 256 g/mol. The fourth-order valence-electron chi connectivity index (χ4n) is 1.66. The molecule has 5 nitrogen and oxygen atoms in total. The number of hydrogen-bond acceptors (Lipinski definition) is 3. The van der Waals surface area contributed by atoms with E-state index in [-0.39, 0.29) is 17.3 Å². The number of nitro groups is 1. The van der Waals surface area contributed by atoms with Gasteiger partial charge in [0.05, 0.1) is 4.92 Å². The Bertz CT molecular complexity index is 463. The lowest BCUT2D eigenvalue weighted by atomic mass is 10.1. The van der Waals surface area contributed by atoms with Crippen LogP contribution < -0.4 is 5.32 Å². The maximum Gasteiger partial charge on any atom is 0.282 e. The van der Waals surface area contributed by atoms with Gasteiger partial charge in [-0.3, -0.25) is 14.9 Å². The van der Waals surface area contributed by atoms with Crippen LogP contribution in [0.3, 0.4) is 0 Å². The minimum Gasteiger partial charge on any atom is -0.349 e. The normalized spacial score (nSPS) is 11.9. The predicted molar refractivity (Wildman–Crippen MR) is 69.9 cm³/mol. The van der Waals surface area contributed by atoms with Gasteiger partial charge in [-0.15, -0.1) is 0 Å². The van der Waals surface area contributed by atoms with E-state index in [4.69, 9.17) is 11.6 Å². The van der Waals surface area contributed by atoms with Gasteiger partial charge in [-0.2, -0.15) is 0 Å². The van der Waals surface area contributed by atoms with Crippen LogP contribution in [-0.4, -0.2) is 16.9 Å². The summed E-state index contributed by atoms with van der Waals surface area (Å²) in [5.74, 6) is -0.467. The number of hydrogen-bond donors (Lipinski definition) is 1. The lowest BCUT2D eigenvalue weighted by Crippen LogP contribution is -2.32. The SMILES string of the molecule is CCC[C@@H](C)NC(=O)c1cc(Cl)ccc1[N+](=O)[O-]. The second-order valence-electron chi connectivity index (χ2n) is 4.08. The molecule has 18 heavy (non-hydrogen) atoms. The Hall–Kier alpha value is -1.62. The number of rotatable bonds is 5. The summed E-state index contributed by atoms with van der Waals surface area (Å²) in [4.78, 5) is 22.2. The van der Waals surface area contributed by atoms with Crippen LogP contribution in [0.2, 0.25) is 5.02 Å². The molecule has 0 saturated heterocycles. The van der Waals surface area contributed by atoms with Gasteiger partial charge in [0.25, 0.3) is 11.6 Å². The van der Waals surface area contributed by atoms with Crippen molar-refractivity contribution in [1.29, 1.82) is 0 Å². The predicted octanol–water partition coefficient (Wildman–Crippen LogP) is 3.17. The summed E-state index contributed by atoms with van der Waals surface area (Å²) >= 11 is 5.76. The van der Waals surface area contributed by atoms with Crippen LogP contribution in [0.1, 0.15) is 37.0 Å². The van der Waals surface area contributed by atoms with E-state index < -0.39 is 10.8 Å². The van der Waals surface area contributed by atoms with Crippen molar-refractivity contribution in [2.45, 2.75) is 32.7 Å². The molecule has 0 aliphatic carbocycles. The summed E-state index contributed by atoms with van der Waals surface area (Å²) in [6.07, 6.45) is 1.75. The standard InChI is InChI=1S/C12H15ClN2O3/c1-3-4-8(2)14-12(16)10-7-9(13)5-6-11(10)15(17)18/h5-8H,3-4H2,1-2H3,(H,14,16)/t8-/m1/s1. The topological polar surface area (TPSA) is 72.2 Å². The molecule has 1 aromatic carbocycles. The second-order valence-corrected chi connectivity index (χ2v) is 4.52. The third-order valence-electron chi connectivity index (χ3n) is 2.50. The van der Waals surface area contributed by atoms with Crippen molar-refractivity contribution < 1.29 is 9.72 Å². The number of amides is 1. The van der Waals surface area contributed by atoms with Gasteiger partial charge in [0, 0.05) is 17.1 Å². The average Bonchev–Trinajstić information content (AvgIpc) is 2.28. The zero-order valence-electron chi connectivity index (χ0n) is 10.3. The van der Waals surface area contributed by atoms with E-state index in [9.17, 15) is 14.9 Å². The fourth-order valence-corrected chi connectivity index (χ4v) is 1.83. The first-order valence-corrected chi connectivity index (χ1v) is 6.08. The van der Waals surface area contributed by atoms with Crippen molar-refractivity contribution in [1.82, 2.24) is 5.32 Å². The summed E-state index contributed by atoms with van der Waals surface area (Å²) in [6, 6.07) is 3.92. The maximum absolute atomic E-state index is 11.9. The minimum atomic E-state index is -0.588. The van der Waals surface area contributed by atoms with Crippen LogP contribution in [-0.2, 0) is 0 Å². The molecule has 0 unspecified atom stereocenters. The molecule has 1 N–H and O–H groups in total. The summed E-state index contributed by atoms with van der Waals surface area (Å²) in [5, 5.41) is 13.8. The monoisotopic (exact) mass is 270 g/mol. The smallest absolute Gasteiger partial charge is 0.282 e. The Morgan fingerprint density at radius 1 is 1.56 bits per heavy atom. The van der Waals surface area contributed by atoms with Crippen molar-refractivity contribution in [3.8, 4) is 0 Å². The highest BCUT2D eigenvalue weighted by Crippen LogP contribution is 2.22. The average molecular weight is 271 g/mol. The largest absolute Gasteiger partial charge is 0.349 e. The Morgan fingerprint density at radius 2 is 2.22 bits per heavy atom. The van der Waals surface area contributed by atoms with Crippen molar-refractivity contribution in [2.75, 3.05) is 0 Å². The van der Waals surface area contributed by atoms with E-state index in [1.54, 1.807) is 0 Å². The van der Waals surface area contributed by atoms with E-state index in [0.717, 1.165) is 12.8 Å². The number of nitro benzene ring substituents is 1. The molecule has 6 heteroatoms. The fraction of sp³-hybridized carbons (Fsp3) is 0.417. The molecule has 1 aromatic rings. The van der Waals surface area contributed by atoms with Crippen LogP contribution in [0.15, 0.2) is 18.2 Å². The zero-order chi connectivity index (χ0) is 13.7. The van der Waals surface area contributed by atoms with Crippen LogP contribution in [0.25, 0.3) is 0 Å². The van der Waals surface area contributed by atoms with Crippen LogP contribution >= 0.6 is 11.6 Å². The van der Waals surface area contributed by atoms with Gasteiger partial charge in [0.1, 0.15) is 5.56 Å². The van der Waals surface area contributed by atoms with Crippen molar-refractivity contribution in [3.05, 3.63) is 38.9 Å². The van der Waals surface area contributed by atoms with E-state index in [0.29, 0.717) is 5.02 Å². The van der Waals surface area contributed by atoms with Crippen molar-refractivity contribution in [3.63, 3.8) is 0 Å². The third kappa shape index (κ3) is 3.70. The summed E-state index contributed by atoms with van der Waals surface area (Å²) in [5.41, 5.74) is -0.240. The Morgan fingerprint density at radius 3 is 2.78 bits per heavy atom. The molecule has 1 atom stereocenters. The highest BCUT2D eigenvalue weighted by Gasteiger charge is 2.21. The highest BCUT2D eigenvalue weighted by molar-refractivity contribution is 6.31. The molecule has 0 aliphatic rings. The number of nitrogens with one attached hydrogen (secondary N) is 1. The molecule has 0 saturated carbocycles. The molecule has 0 fully saturated rings. The van der Waals surface area contributed by atoms with Crippen LogP contribution in [0.4, 0.5) is 5.69 Å². The molecule has 0 bridgehead atoms. The number of nitrogens with zero attached hydrogens (tertiary/aromatic N) is 1. The molecule has 98 valence electrons. The van der Waals surface area contributed by atoms with Crippen molar-refractivity contribution in [2.24, 2.45) is 0 Å². The second kappa shape index (κ2) is 6.35. The lowest BCUT2D eigenvalue weighted by molar-refractivity contribution is -0.385. The number of halogens is 1. The van der Waals surface area contributed by atoms with Gasteiger partial charge >= 0.3 is 0 Å². The van der Waals surface area contributed by atoms with Crippen LogP contribution in [0.5, 0.6) is 0 Å². The van der Waals surface area contributed by atoms with E-state index >= 15 is 0 Å². The summed E-state index contributed by atoms with van der Waals surface area (Å²) < 4.78 is 0. The molecule has 0 heterocycles. The molecule has 0 radical (unpaired) electrons. The Balaban J connectivity index is 2.97. The first kappa shape index (κ1) is 14.4. The van der Waals surface area contributed by atoms with Crippen LogP contribution in [0, 0.1) is 10.1 Å². The molecule has 0 spiro atoms. The molecule has 1 amide bonds. The maximum atomic E-state index is 11.9. The van der Waals surface area contributed by atoms with E-state index in [1.165, 1.54) is 18.2 Å². The van der Waals surface area contributed by atoms with E-state index in [1.807, 2.05) is 13.8 Å². The highest BCUT2D eigenvalue weighted by atomic mass is 35.5. The molecule has 0 aromatic heterocycles. The summed E-state index contributed by atoms with van der Waals surface area (Å²) in [7, 11) is 0. The van der Waals surface area contributed by atoms with Gasteiger partial charge in [0.15, 0.2) is 0 Å². The first-order chi connectivity index (χ1) is 8.45. The molecular formula is C12H15ClN2O3. The lowest BCUT2D eigenvalue weighted by Gasteiger charge is -2.12. The zero-order valence-corrected chi connectivity index (χ0v) is 11.0. The van der Waals surface area contributed by atoms with Gasteiger partial charge in [-0.05, 0) is 25.5 Å². The minimum absolute atomic E-state index is 0.00421. The number of carbonyl (C=O) groups is 1. The van der Waals surface area contributed by atoms with Gasteiger partial charge < -0.3 is 5.32 Å². The van der Waals surface area contributed by atoms with Gasteiger partial charge in [-0.25, -0.2) is 0 Å². The van der Waals surface area contributed by atoms with E-state index in [2.05, 4.69) is 5.32 Å². The number of benzene rings is 1. The number of carbonyl (C=O) groups excluding carboxylic acids is 1. The molecule has 1 rings (SSSR count).